The van der Waals surface area contributed by atoms with Gasteiger partial charge in [0, 0.05) is 18.3 Å². The maximum atomic E-state index is 10.2. The Morgan fingerprint density at radius 1 is 1.57 bits per heavy atom. The molecule has 0 aliphatic rings. The summed E-state index contributed by atoms with van der Waals surface area (Å²) in [5.74, 6) is 0.196. The number of hydrogen-bond acceptors (Lipinski definition) is 2. The van der Waals surface area contributed by atoms with E-state index in [2.05, 4.69) is 12.0 Å². The first-order valence-electron chi connectivity index (χ1n) is 5.23. The summed E-state index contributed by atoms with van der Waals surface area (Å²) >= 11 is 0. The van der Waals surface area contributed by atoms with Crippen LogP contribution in [0.15, 0.2) is 12.4 Å². The second-order valence-electron chi connectivity index (χ2n) is 4.29. The van der Waals surface area contributed by atoms with Crippen molar-refractivity contribution < 1.29 is 5.11 Å². The molecule has 1 rings (SSSR count). The summed E-state index contributed by atoms with van der Waals surface area (Å²) in [4.78, 5) is 0. The van der Waals surface area contributed by atoms with Crippen molar-refractivity contribution in [3.05, 3.63) is 18.0 Å². The van der Waals surface area contributed by atoms with Crippen LogP contribution in [0.3, 0.4) is 0 Å². The molecule has 0 saturated carbocycles. The van der Waals surface area contributed by atoms with Crippen LogP contribution >= 0.6 is 0 Å². The van der Waals surface area contributed by atoms with Crippen molar-refractivity contribution in [2.24, 2.45) is 5.92 Å². The fourth-order valence-corrected chi connectivity index (χ4v) is 1.31. The predicted octanol–water partition coefficient (Wildman–Crippen LogP) is 2.16. The molecule has 1 aromatic heterocycles. The molecule has 0 bridgehead atoms. The van der Waals surface area contributed by atoms with E-state index in [9.17, 15) is 5.11 Å². The summed E-state index contributed by atoms with van der Waals surface area (Å²) in [6, 6.07) is 0. The van der Waals surface area contributed by atoms with Gasteiger partial charge in [-0.05, 0) is 19.3 Å². The highest BCUT2D eigenvalue weighted by atomic mass is 16.3. The van der Waals surface area contributed by atoms with Crippen LogP contribution in [0, 0.1) is 5.92 Å². The highest BCUT2D eigenvalue weighted by molar-refractivity contribution is 5.14. The molecule has 14 heavy (non-hydrogen) atoms. The molecular formula is C11H20N2O. The van der Waals surface area contributed by atoms with Crippen LogP contribution in [0.4, 0.5) is 0 Å². The number of hydrogen-bond donors (Lipinski definition) is 1. The minimum Gasteiger partial charge on any atom is -0.385 e. The van der Waals surface area contributed by atoms with Crippen molar-refractivity contribution in [2.45, 2.75) is 46.3 Å². The molecule has 3 heteroatoms. The lowest BCUT2D eigenvalue weighted by molar-refractivity contribution is 0.00896. The quantitative estimate of drug-likeness (QED) is 0.801. The number of aromatic nitrogens is 2. The average Bonchev–Trinajstić information content (AvgIpc) is 2.53. The average molecular weight is 196 g/mol. The fourth-order valence-electron chi connectivity index (χ4n) is 1.31. The third-order valence-electron chi connectivity index (χ3n) is 2.79. The van der Waals surface area contributed by atoms with Gasteiger partial charge in [-0.3, -0.25) is 4.68 Å². The topological polar surface area (TPSA) is 38.0 Å². The zero-order chi connectivity index (χ0) is 10.8. The Kier molecular flexibility index (Phi) is 3.32. The smallest absolute Gasteiger partial charge is 0.0921 e. The van der Waals surface area contributed by atoms with Gasteiger partial charge in [-0.15, -0.1) is 0 Å². The van der Waals surface area contributed by atoms with Crippen LogP contribution in [0.1, 0.15) is 39.7 Å². The van der Waals surface area contributed by atoms with E-state index in [-0.39, 0.29) is 5.92 Å². The van der Waals surface area contributed by atoms with Crippen LogP contribution in [-0.2, 0) is 12.1 Å². The molecule has 0 amide bonds. The molecule has 0 aliphatic heterocycles. The maximum absolute atomic E-state index is 10.2. The van der Waals surface area contributed by atoms with Crippen LogP contribution in [0.2, 0.25) is 0 Å². The summed E-state index contributed by atoms with van der Waals surface area (Å²) < 4.78 is 1.88. The molecule has 1 atom stereocenters. The van der Waals surface area contributed by atoms with Gasteiger partial charge in [0.1, 0.15) is 0 Å². The molecule has 1 N–H and O–H groups in total. The lowest BCUT2D eigenvalue weighted by Gasteiger charge is -2.26. The van der Waals surface area contributed by atoms with E-state index in [0.29, 0.717) is 0 Å². The van der Waals surface area contributed by atoms with E-state index in [0.717, 1.165) is 18.5 Å². The largest absolute Gasteiger partial charge is 0.385 e. The molecule has 3 nitrogen and oxygen atoms in total. The summed E-state index contributed by atoms with van der Waals surface area (Å²) in [5.41, 5.74) is 0.132. The monoisotopic (exact) mass is 196 g/mol. The van der Waals surface area contributed by atoms with Gasteiger partial charge in [-0.1, -0.05) is 20.8 Å². The second-order valence-corrected chi connectivity index (χ2v) is 4.29. The van der Waals surface area contributed by atoms with Crippen molar-refractivity contribution in [2.75, 3.05) is 0 Å². The minimum absolute atomic E-state index is 0.196. The summed E-state index contributed by atoms with van der Waals surface area (Å²) in [6.07, 6.45) is 4.75. The van der Waals surface area contributed by atoms with Crippen LogP contribution < -0.4 is 0 Å². The van der Waals surface area contributed by atoms with Crippen molar-refractivity contribution in [3.8, 4) is 0 Å². The maximum Gasteiger partial charge on any atom is 0.0921 e. The minimum atomic E-state index is -0.772. The second kappa shape index (κ2) is 4.13. The SMILES string of the molecule is CCCn1cc(C(C)(O)C(C)C)cn1. The number of aliphatic hydroxyl groups is 1. The molecule has 0 saturated heterocycles. The molecule has 80 valence electrons. The Morgan fingerprint density at radius 2 is 2.21 bits per heavy atom. The van der Waals surface area contributed by atoms with Crippen molar-refractivity contribution in [3.63, 3.8) is 0 Å². The Balaban J connectivity index is 2.85. The van der Waals surface area contributed by atoms with Crippen molar-refractivity contribution in [1.29, 1.82) is 0 Å². The molecular weight excluding hydrogens is 176 g/mol. The molecule has 0 aliphatic carbocycles. The molecule has 1 aromatic rings. The molecule has 1 unspecified atom stereocenters. The lowest BCUT2D eigenvalue weighted by atomic mass is 9.87. The van der Waals surface area contributed by atoms with Crippen molar-refractivity contribution >= 4 is 0 Å². The van der Waals surface area contributed by atoms with Crippen molar-refractivity contribution in [1.82, 2.24) is 9.78 Å². The Hall–Kier alpha value is -0.830. The lowest BCUT2D eigenvalue weighted by Crippen LogP contribution is -2.27. The van der Waals surface area contributed by atoms with Gasteiger partial charge in [0.15, 0.2) is 0 Å². The third kappa shape index (κ3) is 2.15. The van der Waals surface area contributed by atoms with Gasteiger partial charge >= 0.3 is 0 Å². The van der Waals surface area contributed by atoms with Gasteiger partial charge in [0.05, 0.1) is 11.8 Å². The Morgan fingerprint density at radius 3 is 2.71 bits per heavy atom. The summed E-state index contributed by atoms with van der Waals surface area (Å²) in [7, 11) is 0. The van der Waals surface area contributed by atoms with Crippen LogP contribution in [-0.4, -0.2) is 14.9 Å². The Labute approximate surface area is 85.8 Å². The van der Waals surface area contributed by atoms with E-state index >= 15 is 0 Å². The normalized spacial score (nSPS) is 15.9. The van der Waals surface area contributed by atoms with Crippen LogP contribution in [0.25, 0.3) is 0 Å². The van der Waals surface area contributed by atoms with E-state index < -0.39 is 5.60 Å². The van der Waals surface area contributed by atoms with Gasteiger partial charge < -0.3 is 5.11 Å². The molecule has 0 aromatic carbocycles. The van der Waals surface area contributed by atoms with Gasteiger partial charge in [0.2, 0.25) is 0 Å². The van der Waals surface area contributed by atoms with Gasteiger partial charge in [-0.2, -0.15) is 5.10 Å². The highest BCUT2D eigenvalue weighted by Gasteiger charge is 2.28. The fraction of sp³-hybridized carbons (Fsp3) is 0.727. The first kappa shape index (κ1) is 11.2. The van der Waals surface area contributed by atoms with Crippen LogP contribution in [0.5, 0.6) is 0 Å². The third-order valence-corrected chi connectivity index (χ3v) is 2.79. The van der Waals surface area contributed by atoms with E-state index in [1.807, 2.05) is 31.6 Å². The summed E-state index contributed by atoms with van der Waals surface area (Å²) in [6.45, 7) is 8.88. The standard InChI is InChI=1S/C11H20N2O/c1-5-6-13-8-10(7-12-13)11(4,14)9(2)3/h7-9,14H,5-6H2,1-4H3. The van der Waals surface area contributed by atoms with E-state index in [4.69, 9.17) is 0 Å². The van der Waals surface area contributed by atoms with Gasteiger partial charge in [0.25, 0.3) is 0 Å². The molecule has 0 fully saturated rings. The van der Waals surface area contributed by atoms with E-state index in [1.54, 1.807) is 6.20 Å². The first-order chi connectivity index (χ1) is 6.48. The zero-order valence-electron chi connectivity index (χ0n) is 9.49. The Bertz CT molecular complexity index is 289. The number of aryl methyl sites for hydroxylation is 1. The molecule has 1 heterocycles. The number of nitrogens with zero attached hydrogens (tertiary/aromatic N) is 2. The zero-order valence-corrected chi connectivity index (χ0v) is 9.49. The van der Waals surface area contributed by atoms with E-state index in [1.165, 1.54) is 0 Å². The molecule has 0 radical (unpaired) electrons. The highest BCUT2D eigenvalue weighted by Crippen LogP contribution is 2.28. The molecule has 0 spiro atoms. The number of rotatable bonds is 4. The van der Waals surface area contributed by atoms with Gasteiger partial charge in [-0.25, -0.2) is 0 Å². The first-order valence-corrected chi connectivity index (χ1v) is 5.23. The predicted molar refractivity (Wildman–Crippen MR) is 56.9 cm³/mol. The summed E-state index contributed by atoms with van der Waals surface area (Å²) in [5, 5.41) is 14.4.